The highest BCUT2D eigenvalue weighted by atomic mass is 32.1. The highest BCUT2D eigenvalue weighted by Gasteiger charge is 2.30. The molecule has 1 fully saturated rings. The number of morpholine rings is 1. The number of methoxy groups -OCH3 is 1. The van der Waals surface area contributed by atoms with E-state index in [1.54, 1.807) is 4.90 Å². The lowest BCUT2D eigenvalue weighted by atomic mass is 10.2. The molecule has 1 saturated heterocycles. The van der Waals surface area contributed by atoms with Crippen LogP contribution in [0.1, 0.15) is 14.5 Å². The number of rotatable bonds is 2. The van der Waals surface area contributed by atoms with Crippen molar-refractivity contribution in [3.05, 3.63) is 21.9 Å². The lowest BCUT2D eigenvalue weighted by Crippen LogP contribution is -2.48. The zero-order chi connectivity index (χ0) is 13.1. The number of carbonyl (C=O) groups excluding carboxylic acids is 2. The molecule has 1 aliphatic heterocycles. The van der Waals surface area contributed by atoms with Crippen molar-refractivity contribution in [3.8, 4) is 0 Å². The third-order valence-corrected chi connectivity index (χ3v) is 3.76. The summed E-state index contributed by atoms with van der Waals surface area (Å²) in [5, 5.41) is 0. The average molecular weight is 269 g/mol. The van der Waals surface area contributed by atoms with Gasteiger partial charge in [0.05, 0.1) is 25.1 Å². The minimum absolute atomic E-state index is 0.0506. The van der Waals surface area contributed by atoms with Crippen LogP contribution in [0.25, 0.3) is 0 Å². The van der Waals surface area contributed by atoms with E-state index < -0.39 is 12.1 Å². The molecule has 0 spiro atoms. The second-order valence-corrected chi connectivity index (χ2v) is 5.33. The summed E-state index contributed by atoms with van der Waals surface area (Å²) in [4.78, 5) is 27.0. The summed E-state index contributed by atoms with van der Waals surface area (Å²) in [5.41, 5.74) is 0. The van der Waals surface area contributed by atoms with Crippen molar-refractivity contribution in [3.63, 3.8) is 0 Å². The Morgan fingerprint density at radius 1 is 1.50 bits per heavy atom. The number of nitrogens with zero attached hydrogens (tertiary/aromatic N) is 1. The van der Waals surface area contributed by atoms with E-state index in [-0.39, 0.29) is 12.5 Å². The lowest BCUT2D eigenvalue weighted by Gasteiger charge is -2.31. The maximum atomic E-state index is 12.2. The summed E-state index contributed by atoms with van der Waals surface area (Å²) >= 11 is 1.46. The van der Waals surface area contributed by atoms with Crippen LogP contribution < -0.4 is 0 Å². The molecule has 2 heterocycles. The molecule has 1 atom stereocenters. The smallest absolute Gasteiger partial charge is 0.336 e. The molecule has 1 aromatic heterocycles. The van der Waals surface area contributed by atoms with Crippen LogP contribution in [-0.2, 0) is 14.3 Å². The summed E-state index contributed by atoms with van der Waals surface area (Å²) in [6, 6.07) is 3.72. The molecule has 0 saturated carbocycles. The predicted molar refractivity (Wildman–Crippen MR) is 66.7 cm³/mol. The van der Waals surface area contributed by atoms with Crippen molar-refractivity contribution < 1.29 is 19.1 Å². The highest BCUT2D eigenvalue weighted by Crippen LogP contribution is 2.19. The minimum Gasteiger partial charge on any atom is -0.467 e. The van der Waals surface area contributed by atoms with Gasteiger partial charge in [0.1, 0.15) is 0 Å². The molecule has 5 nitrogen and oxygen atoms in total. The first-order valence-electron chi connectivity index (χ1n) is 5.67. The van der Waals surface area contributed by atoms with Crippen molar-refractivity contribution in [1.29, 1.82) is 0 Å². The zero-order valence-corrected chi connectivity index (χ0v) is 11.2. The van der Waals surface area contributed by atoms with Crippen molar-refractivity contribution in [2.75, 3.05) is 26.8 Å². The molecule has 1 unspecified atom stereocenters. The Hall–Kier alpha value is -1.40. The van der Waals surface area contributed by atoms with Gasteiger partial charge in [-0.15, -0.1) is 11.3 Å². The van der Waals surface area contributed by atoms with E-state index in [2.05, 4.69) is 4.74 Å². The molecule has 1 amide bonds. The molecule has 1 aliphatic rings. The molecular weight excluding hydrogens is 254 g/mol. The van der Waals surface area contributed by atoms with E-state index in [0.29, 0.717) is 18.0 Å². The fourth-order valence-electron chi connectivity index (χ4n) is 1.81. The Morgan fingerprint density at radius 3 is 2.89 bits per heavy atom. The summed E-state index contributed by atoms with van der Waals surface area (Å²) < 4.78 is 9.92. The van der Waals surface area contributed by atoms with Crippen molar-refractivity contribution >= 4 is 23.2 Å². The Kier molecular flexibility index (Phi) is 3.98. The number of esters is 1. The molecular formula is C12H15NO4S. The normalized spacial score (nSPS) is 19.7. The molecule has 0 aromatic carbocycles. The van der Waals surface area contributed by atoms with Crippen LogP contribution in [0.5, 0.6) is 0 Å². The van der Waals surface area contributed by atoms with Gasteiger partial charge in [0.25, 0.3) is 5.91 Å². The van der Waals surface area contributed by atoms with Crippen LogP contribution in [-0.4, -0.2) is 49.7 Å². The Labute approximate surface area is 109 Å². The van der Waals surface area contributed by atoms with E-state index in [0.717, 1.165) is 4.88 Å². The molecule has 0 radical (unpaired) electrons. The van der Waals surface area contributed by atoms with Crippen molar-refractivity contribution in [2.24, 2.45) is 0 Å². The van der Waals surface area contributed by atoms with Gasteiger partial charge in [-0.2, -0.15) is 0 Å². The van der Waals surface area contributed by atoms with Gasteiger partial charge < -0.3 is 14.4 Å². The summed E-state index contributed by atoms with van der Waals surface area (Å²) in [5.74, 6) is -0.486. The number of hydrogen-bond acceptors (Lipinski definition) is 5. The number of carbonyl (C=O) groups is 2. The third-order valence-electron chi connectivity index (χ3n) is 2.77. The summed E-state index contributed by atoms with van der Waals surface area (Å²) in [6.07, 6.45) is -0.672. The van der Waals surface area contributed by atoms with Crippen LogP contribution >= 0.6 is 11.3 Å². The van der Waals surface area contributed by atoms with Gasteiger partial charge in [-0.25, -0.2) is 4.79 Å². The van der Waals surface area contributed by atoms with Gasteiger partial charge in [-0.3, -0.25) is 4.79 Å². The van der Waals surface area contributed by atoms with Gasteiger partial charge >= 0.3 is 5.97 Å². The van der Waals surface area contributed by atoms with E-state index in [1.807, 2.05) is 19.1 Å². The molecule has 0 N–H and O–H groups in total. The van der Waals surface area contributed by atoms with Crippen molar-refractivity contribution in [1.82, 2.24) is 4.90 Å². The second-order valence-electron chi connectivity index (χ2n) is 4.04. The largest absolute Gasteiger partial charge is 0.467 e. The molecule has 2 rings (SSSR count). The topological polar surface area (TPSA) is 55.8 Å². The van der Waals surface area contributed by atoms with Crippen LogP contribution in [0.4, 0.5) is 0 Å². The lowest BCUT2D eigenvalue weighted by molar-refractivity contribution is -0.158. The number of hydrogen-bond donors (Lipinski definition) is 0. The van der Waals surface area contributed by atoms with Gasteiger partial charge in [-0.05, 0) is 19.1 Å². The van der Waals surface area contributed by atoms with Crippen molar-refractivity contribution in [2.45, 2.75) is 13.0 Å². The number of ether oxygens (including phenoxy) is 2. The predicted octanol–water partition coefficient (Wildman–Crippen LogP) is 1.07. The maximum Gasteiger partial charge on any atom is 0.336 e. The summed E-state index contributed by atoms with van der Waals surface area (Å²) in [6.45, 7) is 3.07. The summed E-state index contributed by atoms with van der Waals surface area (Å²) in [7, 11) is 1.31. The van der Waals surface area contributed by atoms with Gasteiger partial charge in [-0.1, -0.05) is 0 Å². The second kappa shape index (κ2) is 5.49. The Bertz CT molecular complexity index is 457. The Balaban J connectivity index is 2.05. The molecule has 6 heteroatoms. The van der Waals surface area contributed by atoms with Crippen LogP contribution in [0.3, 0.4) is 0 Å². The molecule has 18 heavy (non-hydrogen) atoms. The van der Waals surface area contributed by atoms with E-state index in [9.17, 15) is 9.59 Å². The number of thiophene rings is 1. The fraction of sp³-hybridized carbons (Fsp3) is 0.500. The molecule has 0 bridgehead atoms. The zero-order valence-electron chi connectivity index (χ0n) is 10.3. The first-order chi connectivity index (χ1) is 8.61. The standard InChI is InChI=1S/C12H15NO4S/c1-8-3-4-10(18-8)11(14)13-5-6-17-9(7-13)12(15)16-2/h3-4,9H,5-7H2,1-2H3. The maximum absolute atomic E-state index is 12.2. The van der Waals surface area contributed by atoms with Crippen LogP contribution in [0.15, 0.2) is 12.1 Å². The SMILES string of the molecule is COC(=O)C1CN(C(=O)c2ccc(C)s2)CCO1. The molecule has 0 aliphatic carbocycles. The molecule has 1 aromatic rings. The van der Waals surface area contributed by atoms with Crippen LogP contribution in [0, 0.1) is 6.92 Å². The highest BCUT2D eigenvalue weighted by molar-refractivity contribution is 7.13. The van der Waals surface area contributed by atoms with Gasteiger partial charge in [0.2, 0.25) is 0 Å². The minimum atomic E-state index is -0.672. The van der Waals surface area contributed by atoms with Gasteiger partial charge in [0, 0.05) is 11.4 Å². The number of aryl methyl sites for hydroxylation is 1. The quantitative estimate of drug-likeness (QED) is 0.754. The van der Waals surface area contributed by atoms with Crippen LogP contribution in [0.2, 0.25) is 0 Å². The third kappa shape index (κ3) is 2.70. The van der Waals surface area contributed by atoms with E-state index >= 15 is 0 Å². The first-order valence-corrected chi connectivity index (χ1v) is 6.48. The first kappa shape index (κ1) is 13.0. The average Bonchev–Trinajstić information content (AvgIpc) is 2.83. The monoisotopic (exact) mass is 269 g/mol. The molecule has 98 valence electrons. The Morgan fingerprint density at radius 2 is 2.28 bits per heavy atom. The van der Waals surface area contributed by atoms with E-state index in [4.69, 9.17) is 4.74 Å². The van der Waals surface area contributed by atoms with Gasteiger partial charge in [0.15, 0.2) is 6.10 Å². The fourth-order valence-corrected chi connectivity index (χ4v) is 2.65. The number of amides is 1. The van der Waals surface area contributed by atoms with E-state index in [1.165, 1.54) is 18.4 Å².